The fourth-order valence-corrected chi connectivity index (χ4v) is 3.12. The largest absolute Gasteiger partial charge is 0.367 e. The van der Waals surface area contributed by atoms with Crippen molar-refractivity contribution < 1.29 is 4.74 Å². The molecule has 0 radical (unpaired) electrons. The van der Waals surface area contributed by atoms with Crippen LogP contribution in [0.15, 0.2) is 18.2 Å². The van der Waals surface area contributed by atoms with Crippen molar-refractivity contribution in [3.63, 3.8) is 0 Å². The maximum Gasteiger partial charge on any atom is 0.142 e. The van der Waals surface area contributed by atoms with Crippen molar-refractivity contribution >= 4 is 11.0 Å². The van der Waals surface area contributed by atoms with Crippen LogP contribution in [0.1, 0.15) is 51.0 Å². The number of hydrogen-bond donors (Lipinski definition) is 1. The topological polar surface area (TPSA) is 53.1 Å². The summed E-state index contributed by atoms with van der Waals surface area (Å²) in [5.74, 6) is 1.05. The van der Waals surface area contributed by atoms with Gasteiger partial charge in [-0.15, -0.1) is 0 Å². The number of nitrogens with zero attached hydrogens (tertiary/aromatic N) is 2. The standard InChI is InChI=1S/C16H23N3O/c1-11(2)19-14-6-5-12(10-17)9-13(14)18-15(19)16(3)7-4-8-20-16/h5-6,9,11H,4,7-8,10,17H2,1-3H3. The zero-order valence-corrected chi connectivity index (χ0v) is 12.5. The third kappa shape index (κ3) is 2.03. The molecule has 1 aliphatic heterocycles. The second-order valence-electron chi connectivity index (χ2n) is 6.11. The van der Waals surface area contributed by atoms with Gasteiger partial charge in [0, 0.05) is 19.2 Å². The van der Waals surface area contributed by atoms with Gasteiger partial charge in [0.25, 0.3) is 0 Å². The second-order valence-corrected chi connectivity index (χ2v) is 6.11. The van der Waals surface area contributed by atoms with E-state index in [4.69, 9.17) is 15.5 Å². The average Bonchev–Trinajstić information content (AvgIpc) is 3.02. The number of fused-ring (bicyclic) bond motifs is 1. The summed E-state index contributed by atoms with van der Waals surface area (Å²) in [6.07, 6.45) is 2.14. The summed E-state index contributed by atoms with van der Waals surface area (Å²) in [5.41, 5.74) is 8.79. The van der Waals surface area contributed by atoms with Crippen LogP contribution in [0, 0.1) is 0 Å². The average molecular weight is 273 g/mol. The first kappa shape index (κ1) is 13.6. The van der Waals surface area contributed by atoms with Gasteiger partial charge in [0.1, 0.15) is 11.4 Å². The molecule has 4 nitrogen and oxygen atoms in total. The monoisotopic (exact) mass is 273 g/mol. The highest BCUT2D eigenvalue weighted by Gasteiger charge is 2.37. The van der Waals surface area contributed by atoms with Gasteiger partial charge in [0.2, 0.25) is 0 Å². The number of benzene rings is 1. The lowest BCUT2D eigenvalue weighted by Crippen LogP contribution is -2.26. The van der Waals surface area contributed by atoms with Crippen LogP contribution in [-0.2, 0) is 16.9 Å². The fourth-order valence-electron chi connectivity index (χ4n) is 3.12. The molecule has 2 heterocycles. The van der Waals surface area contributed by atoms with Gasteiger partial charge in [-0.25, -0.2) is 4.98 Å². The number of hydrogen-bond acceptors (Lipinski definition) is 3. The van der Waals surface area contributed by atoms with Crippen molar-refractivity contribution in [2.75, 3.05) is 6.61 Å². The van der Waals surface area contributed by atoms with E-state index in [1.165, 1.54) is 5.52 Å². The fraction of sp³-hybridized carbons (Fsp3) is 0.562. The molecule has 1 unspecified atom stereocenters. The number of ether oxygens (including phenoxy) is 1. The zero-order chi connectivity index (χ0) is 14.3. The molecule has 1 atom stereocenters. The van der Waals surface area contributed by atoms with Gasteiger partial charge in [-0.1, -0.05) is 6.07 Å². The molecule has 1 aliphatic rings. The summed E-state index contributed by atoms with van der Waals surface area (Å²) in [4.78, 5) is 4.88. The molecule has 2 N–H and O–H groups in total. The molecule has 1 fully saturated rings. The molecule has 0 spiro atoms. The minimum Gasteiger partial charge on any atom is -0.367 e. The van der Waals surface area contributed by atoms with Crippen LogP contribution in [0.5, 0.6) is 0 Å². The van der Waals surface area contributed by atoms with Gasteiger partial charge in [-0.3, -0.25) is 0 Å². The predicted molar refractivity (Wildman–Crippen MR) is 80.5 cm³/mol. The summed E-state index contributed by atoms with van der Waals surface area (Å²) in [6.45, 7) is 7.92. The summed E-state index contributed by atoms with van der Waals surface area (Å²) < 4.78 is 8.30. The van der Waals surface area contributed by atoms with Gasteiger partial charge in [-0.2, -0.15) is 0 Å². The van der Waals surface area contributed by atoms with Gasteiger partial charge in [0.15, 0.2) is 0 Å². The van der Waals surface area contributed by atoms with E-state index in [2.05, 4.69) is 43.5 Å². The van der Waals surface area contributed by atoms with Crippen LogP contribution in [0.3, 0.4) is 0 Å². The highest BCUT2D eigenvalue weighted by atomic mass is 16.5. The van der Waals surface area contributed by atoms with E-state index in [1.807, 2.05) is 0 Å². The molecule has 1 aromatic heterocycles. The van der Waals surface area contributed by atoms with E-state index in [0.29, 0.717) is 12.6 Å². The van der Waals surface area contributed by atoms with Gasteiger partial charge < -0.3 is 15.0 Å². The lowest BCUT2D eigenvalue weighted by molar-refractivity contribution is 0.00621. The normalized spacial score (nSPS) is 23.1. The van der Waals surface area contributed by atoms with Crippen molar-refractivity contribution in [3.8, 4) is 0 Å². The van der Waals surface area contributed by atoms with Crippen molar-refractivity contribution in [1.29, 1.82) is 0 Å². The van der Waals surface area contributed by atoms with Crippen molar-refractivity contribution in [2.24, 2.45) is 5.73 Å². The number of imidazole rings is 1. The Bertz CT molecular complexity index is 624. The Morgan fingerprint density at radius 3 is 2.85 bits per heavy atom. The molecule has 1 aromatic carbocycles. The molecule has 0 saturated carbocycles. The first-order chi connectivity index (χ1) is 9.55. The molecule has 3 rings (SSSR count). The first-order valence-corrected chi connectivity index (χ1v) is 7.40. The Balaban J connectivity index is 2.22. The van der Waals surface area contributed by atoms with E-state index in [9.17, 15) is 0 Å². The zero-order valence-electron chi connectivity index (χ0n) is 12.5. The quantitative estimate of drug-likeness (QED) is 0.935. The van der Waals surface area contributed by atoms with E-state index in [0.717, 1.165) is 36.4 Å². The molecule has 0 amide bonds. The molecular weight excluding hydrogens is 250 g/mol. The summed E-state index contributed by atoms with van der Waals surface area (Å²) in [5, 5.41) is 0. The van der Waals surface area contributed by atoms with Crippen LogP contribution in [-0.4, -0.2) is 16.2 Å². The molecule has 20 heavy (non-hydrogen) atoms. The third-order valence-electron chi connectivity index (χ3n) is 4.20. The molecule has 0 aliphatic carbocycles. The van der Waals surface area contributed by atoms with E-state index < -0.39 is 0 Å². The molecule has 1 saturated heterocycles. The minimum absolute atomic E-state index is 0.258. The van der Waals surface area contributed by atoms with Crippen LogP contribution in [0.25, 0.3) is 11.0 Å². The molecule has 0 bridgehead atoms. The van der Waals surface area contributed by atoms with Gasteiger partial charge in [0.05, 0.1) is 11.0 Å². The van der Waals surface area contributed by atoms with Crippen molar-refractivity contribution in [1.82, 2.24) is 9.55 Å². The van der Waals surface area contributed by atoms with Crippen molar-refractivity contribution in [3.05, 3.63) is 29.6 Å². The van der Waals surface area contributed by atoms with Crippen LogP contribution < -0.4 is 5.73 Å². The number of aromatic nitrogens is 2. The maximum absolute atomic E-state index is 6.00. The van der Waals surface area contributed by atoms with E-state index >= 15 is 0 Å². The first-order valence-electron chi connectivity index (χ1n) is 7.40. The lowest BCUT2D eigenvalue weighted by atomic mass is 10.0. The van der Waals surface area contributed by atoms with Gasteiger partial charge in [-0.05, 0) is 51.3 Å². The van der Waals surface area contributed by atoms with E-state index in [1.54, 1.807) is 0 Å². The summed E-state index contributed by atoms with van der Waals surface area (Å²) in [7, 11) is 0. The Hall–Kier alpha value is -1.39. The van der Waals surface area contributed by atoms with Crippen LogP contribution >= 0.6 is 0 Å². The minimum atomic E-state index is -0.258. The maximum atomic E-state index is 6.00. The third-order valence-corrected chi connectivity index (χ3v) is 4.20. The predicted octanol–water partition coefficient (Wildman–Crippen LogP) is 3.10. The smallest absolute Gasteiger partial charge is 0.142 e. The summed E-state index contributed by atoms with van der Waals surface area (Å²) in [6, 6.07) is 6.67. The second kappa shape index (κ2) is 4.86. The number of rotatable bonds is 3. The Morgan fingerprint density at radius 2 is 2.25 bits per heavy atom. The molecule has 108 valence electrons. The Labute approximate surface area is 119 Å². The van der Waals surface area contributed by atoms with E-state index in [-0.39, 0.29) is 5.60 Å². The molecule has 4 heteroatoms. The molecular formula is C16H23N3O. The number of nitrogens with two attached hydrogens (primary N) is 1. The SMILES string of the molecule is CC(C)n1c(C2(C)CCCO2)nc2cc(CN)ccc21. The van der Waals surface area contributed by atoms with Crippen LogP contribution in [0.4, 0.5) is 0 Å². The van der Waals surface area contributed by atoms with Crippen LogP contribution in [0.2, 0.25) is 0 Å². The lowest BCUT2D eigenvalue weighted by Gasteiger charge is -2.25. The highest BCUT2D eigenvalue weighted by molar-refractivity contribution is 5.77. The molecule has 2 aromatic rings. The Morgan fingerprint density at radius 1 is 1.45 bits per heavy atom. The summed E-state index contributed by atoms with van der Waals surface area (Å²) >= 11 is 0. The van der Waals surface area contributed by atoms with Gasteiger partial charge >= 0.3 is 0 Å². The Kier molecular flexibility index (Phi) is 3.30. The highest BCUT2D eigenvalue weighted by Crippen LogP contribution is 2.38. The van der Waals surface area contributed by atoms with Crippen molar-refractivity contribution in [2.45, 2.75) is 51.8 Å².